The van der Waals surface area contributed by atoms with Gasteiger partial charge in [0.1, 0.15) is 0 Å². The Bertz CT molecular complexity index is 377. The summed E-state index contributed by atoms with van der Waals surface area (Å²) in [6, 6.07) is 8.59. The molecule has 0 spiro atoms. The third-order valence-corrected chi connectivity index (χ3v) is 3.04. The van der Waals surface area contributed by atoms with E-state index in [9.17, 15) is 0 Å². The molecule has 0 aromatic heterocycles. The first kappa shape index (κ1) is 18.9. The van der Waals surface area contributed by atoms with Gasteiger partial charge in [0, 0.05) is 6.61 Å². The van der Waals surface area contributed by atoms with Gasteiger partial charge in [-0.15, -0.1) is 0 Å². The highest BCUT2D eigenvalue weighted by Crippen LogP contribution is 2.23. The van der Waals surface area contributed by atoms with Gasteiger partial charge in [-0.3, -0.25) is 0 Å². The van der Waals surface area contributed by atoms with Gasteiger partial charge in [0.25, 0.3) is 0 Å². The normalized spacial score (nSPS) is 11.3. The predicted octanol–water partition coefficient (Wildman–Crippen LogP) is 5.88. The summed E-state index contributed by atoms with van der Waals surface area (Å²) in [6.45, 7) is 14.4. The number of ether oxygens (including phenoxy) is 1. The maximum absolute atomic E-state index is 5.51. The molecule has 1 heteroatoms. The number of benzene rings is 1. The van der Waals surface area contributed by atoms with Crippen LogP contribution in [0.1, 0.15) is 58.6 Å². The van der Waals surface area contributed by atoms with Crippen molar-refractivity contribution in [1.29, 1.82) is 0 Å². The molecule has 0 unspecified atom stereocenters. The van der Waals surface area contributed by atoms with E-state index < -0.39 is 0 Å². The first-order valence-electron chi connectivity index (χ1n) is 7.84. The molecule has 0 fully saturated rings. The van der Waals surface area contributed by atoms with Crippen molar-refractivity contribution >= 4 is 6.08 Å². The molecule has 0 aliphatic rings. The Morgan fingerprint density at radius 2 is 1.90 bits per heavy atom. The Labute approximate surface area is 126 Å². The minimum atomic E-state index is 0.271. The lowest BCUT2D eigenvalue weighted by molar-refractivity contribution is 0.0667. The van der Waals surface area contributed by atoms with Crippen LogP contribution in [0.25, 0.3) is 6.08 Å². The summed E-state index contributed by atoms with van der Waals surface area (Å²) in [6.07, 6.45) is 6.75. The zero-order valence-corrected chi connectivity index (χ0v) is 14.2. The number of rotatable bonds is 7. The second-order valence-corrected chi connectivity index (χ2v) is 5.66. The van der Waals surface area contributed by atoms with Crippen LogP contribution in [0.4, 0.5) is 0 Å². The summed E-state index contributed by atoms with van der Waals surface area (Å²) in [5.74, 6) is 0. The van der Waals surface area contributed by atoms with Crippen molar-refractivity contribution in [1.82, 2.24) is 0 Å². The van der Waals surface area contributed by atoms with E-state index in [1.165, 1.54) is 11.1 Å². The SMILES string of the molecule is CC.CCOCC(C)(C)CC/C=C/c1cccc(C)c1. The molecule has 1 nitrogen and oxygen atoms in total. The van der Waals surface area contributed by atoms with Crippen molar-refractivity contribution in [3.05, 3.63) is 41.5 Å². The molecule has 1 rings (SSSR count). The highest BCUT2D eigenvalue weighted by Gasteiger charge is 2.16. The maximum atomic E-state index is 5.51. The first-order chi connectivity index (χ1) is 9.53. The fourth-order valence-corrected chi connectivity index (χ4v) is 1.92. The highest BCUT2D eigenvalue weighted by molar-refractivity contribution is 5.49. The Balaban J connectivity index is 0.00000172. The van der Waals surface area contributed by atoms with Crippen molar-refractivity contribution in [2.24, 2.45) is 5.41 Å². The van der Waals surface area contributed by atoms with E-state index in [2.05, 4.69) is 57.2 Å². The minimum Gasteiger partial charge on any atom is -0.381 e. The fourth-order valence-electron chi connectivity index (χ4n) is 1.92. The number of hydrogen-bond acceptors (Lipinski definition) is 1. The van der Waals surface area contributed by atoms with Crippen molar-refractivity contribution in [3.8, 4) is 0 Å². The summed E-state index contributed by atoms with van der Waals surface area (Å²) in [7, 11) is 0. The smallest absolute Gasteiger partial charge is 0.0517 e. The summed E-state index contributed by atoms with van der Waals surface area (Å²) >= 11 is 0. The number of allylic oxidation sites excluding steroid dienone is 1. The van der Waals surface area contributed by atoms with Gasteiger partial charge in [-0.25, -0.2) is 0 Å². The van der Waals surface area contributed by atoms with Gasteiger partial charge < -0.3 is 4.74 Å². The molecular formula is C19H32O. The summed E-state index contributed by atoms with van der Waals surface area (Å²) in [4.78, 5) is 0. The summed E-state index contributed by atoms with van der Waals surface area (Å²) < 4.78 is 5.51. The summed E-state index contributed by atoms with van der Waals surface area (Å²) in [5, 5.41) is 0. The van der Waals surface area contributed by atoms with Crippen molar-refractivity contribution in [3.63, 3.8) is 0 Å². The lowest BCUT2D eigenvalue weighted by Gasteiger charge is -2.23. The monoisotopic (exact) mass is 276 g/mol. The molecule has 0 atom stereocenters. The first-order valence-corrected chi connectivity index (χ1v) is 7.84. The molecule has 0 saturated heterocycles. The maximum Gasteiger partial charge on any atom is 0.0517 e. The summed E-state index contributed by atoms with van der Waals surface area (Å²) in [5.41, 5.74) is 2.87. The van der Waals surface area contributed by atoms with Crippen LogP contribution in [-0.4, -0.2) is 13.2 Å². The van der Waals surface area contributed by atoms with Crippen LogP contribution in [0.3, 0.4) is 0 Å². The van der Waals surface area contributed by atoms with Crippen molar-refractivity contribution in [2.45, 2.75) is 54.4 Å². The van der Waals surface area contributed by atoms with E-state index in [0.29, 0.717) is 0 Å². The van der Waals surface area contributed by atoms with Crippen LogP contribution in [0.5, 0.6) is 0 Å². The minimum absolute atomic E-state index is 0.271. The van der Waals surface area contributed by atoms with Gasteiger partial charge in [-0.1, -0.05) is 69.7 Å². The van der Waals surface area contributed by atoms with E-state index in [-0.39, 0.29) is 5.41 Å². The van der Waals surface area contributed by atoms with Gasteiger partial charge in [0.05, 0.1) is 6.61 Å². The Morgan fingerprint density at radius 1 is 1.20 bits per heavy atom. The molecule has 0 saturated carbocycles. The van der Waals surface area contributed by atoms with E-state index in [1.54, 1.807) is 0 Å². The van der Waals surface area contributed by atoms with Gasteiger partial charge in [0.15, 0.2) is 0 Å². The van der Waals surface area contributed by atoms with Crippen molar-refractivity contribution in [2.75, 3.05) is 13.2 Å². The Kier molecular flexibility index (Phi) is 10.1. The molecule has 0 radical (unpaired) electrons. The zero-order valence-electron chi connectivity index (χ0n) is 14.2. The van der Waals surface area contributed by atoms with Crippen LogP contribution >= 0.6 is 0 Å². The molecular weight excluding hydrogens is 244 g/mol. The van der Waals surface area contributed by atoms with Gasteiger partial charge in [-0.2, -0.15) is 0 Å². The molecule has 0 aliphatic carbocycles. The second kappa shape index (κ2) is 10.7. The van der Waals surface area contributed by atoms with Gasteiger partial charge in [0.2, 0.25) is 0 Å². The van der Waals surface area contributed by atoms with E-state index in [0.717, 1.165) is 26.1 Å². The van der Waals surface area contributed by atoms with Crippen LogP contribution in [0, 0.1) is 12.3 Å². The zero-order chi connectivity index (χ0) is 15.4. The molecule has 1 aromatic carbocycles. The molecule has 20 heavy (non-hydrogen) atoms. The van der Waals surface area contributed by atoms with Crippen LogP contribution < -0.4 is 0 Å². The number of aryl methyl sites for hydroxylation is 1. The molecule has 0 amide bonds. The molecule has 1 aromatic rings. The number of hydrogen-bond donors (Lipinski definition) is 0. The van der Waals surface area contributed by atoms with Crippen molar-refractivity contribution < 1.29 is 4.74 Å². The quantitative estimate of drug-likeness (QED) is 0.604. The van der Waals surface area contributed by atoms with Crippen LogP contribution in [-0.2, 0) is 4.74 Å². The average molecular weight is 276 g/mol. The highest BCUT2D eigenvalue weighted by atomic mass is 16.5. The Morgan fingerprint density at radius 3 is 2.50 bits per heavy atom. The van der Waals surface area contributed by atoms with E-state index in [1.807, 2.05) is 20.8 Å². The average Bonchev–Trinajstić information content (AvgIpc) is 2.44. The van der Waals surface area contributed by atoms with Crippen LogP contribution in [0.2, 0.25) is 0 Å². The lowest BCUT2D eigenvalue weighted by Crippen LogP contribution is -2.18. The Hall–Kier alpha value is -1.08. The molecule has 0 bridgehead atoms. The predicted molar refractivity (Wildman–Crippen MR) is 91.1 cm³/mol. The second-order valence-electron chi connectivity index (χ2n) is 5.66. The van der Waals surface area contributed by atoms with Gasteiger partial charge in [-0.05, 0) is 37.7 Å². The lowest BCUT2D eigenvalue weighted by atomic mass is 9.89. The van der Waals surface area contributed by atoms with E-state index in [4.69, 9.17) is 4.74 Å². The molecule has 114 valence electrons. The van der Waals surface area contributed by atoms with E-state index >= 15 is 0 Å². The fraction of sp³-hybridized carbons (Fsp3) is 0.579. The van der Waals surface area contributed by atoms with Crippen LogP contribution in [0.15, 0.2) is 30.3 Å². The third-order valence-electron chi connectivity index (χ3n) is 3.04. The molecule has 0 N–H and O–H groups in total. The third kappa shape index (κ3) is 8.92. The standard InChI is InChI=1S/C17H26O.C2H6/c1-5-18-14-17(3,4)12-7-6-10-16-11-8-9-15(2)13-16;1-2/h6,8-11,13H,5,7,12,14H2,1-4H3;1-2H3/b10-6+;. The molecule has 0 heterocycles. The van der Waals surface area contributed by atoms with Gasteiger partial charge >= 0.3 is 0 Å². The topological polar surface area (TPSA) is 9.23 Å². The molecule has 0 aliphatic heterocycles. The largest absolute Gasteiger partial charge is 0.381 e.